The van der Waals surface area contributed by atoms with Crippen LogP contribution in [0, 0.1) is 11.7 Å². The quantitative estimate of drug-likeness (QED) is 0.685. The highest BCUT2D eigenvalue weighted by Gasteiger charge is 2.36. The van der Waals surface area contributed by atoms with Gasteiger partial charge in [0.05, 0.1) is 7.11 Å². The molecule has 0 unspecified atom stereocenters. The molecule has 0 aromatic heterocycles. The lowest BCUT2D eigenvalue weighted by Gasteiger charge is -2.38. The first kappa shape index (κ1) is 24.7. The van der Waals surface area contributed by atoms with Crippen molar-refractivity contribution in [3.05, 3.63) is 65.5 Å². The molecule has 7 nitrogen and oxygen atoms in total. The average Bonchev–Trinajstić information content (AvgIpc) is 2.91. The lowest BCUT2D eigenvalue weighted by molar-refractivity contribution is -0.136. The maximum Gasteiger partial charge on any atom is 0.253 e. The zero-order chi connectivity index (χ0) is 24.8. The van der Waals surface area contributed by atoms with Crippen molar-refractivity contribution in [1.82, 2.24) is 15.1 Å². The highest BCUT2D eigenvalue weighted by Crippen LogP contribution is 2.25. The van der Waals surface area contributed by atoms with E-state index in [2.05, 4.69) is 5.32 Å². The van der Waals surface area contributed by atoms with Crippen molar-refractivity contribution in [2.75, 3.05) is 33.3 Å². The molecule has 2 saturated heterocycles. The third-order valence-electron chi connectivity index (χ3n) is 6.94. The van der Waals surface area contributed by atoms with Crippen molar-refractivity contribution in [3.8, 4) is 5.75 Å². The summed E-state index contributed by atoms with van der Waals surface area (Å²) in [5.74, 6) is -0.466. The van der Waals surface area contributed by atoms with Crippen LogP contribution in [-0.2, 0) is 4.79 Å². The Morgan fingerprint density at radius 1 is 0.914 bits per heavy atom. The van der Waals surface area contributed by atoms with Crippen LogP contribution in [0.5, 0.6) is 5.75 Å². The van der Waals surface area contributed by atoms with Crippen molar-refractivity contribution in [2.24, 2.45) is 5.92 Å². The van der Waals surface area contributed by atoms with E-state index < -0.39 is 11.9 Å². The number of halogens is 1. The van der Waals surface area contributed by atoms with Crippen LogP contribution in [-0.4, -0.2) is 66.9 Å². The summed E-state index contributed by atoms with van der Waals surface area (Å²) in [6.07, 6.45) is 4.19. The number of piperidine rings is 2. The molecule has 1 N–H and O–H groups in total. The molecule has 186 valence electrons. The van der Waals surface area contributed by atoms with Gasteiger partial charge in [0, 0.05) is 37.3 Å². The number of methoxy groups -OCH3 is 1. The van der Waals surface area contributed by atoms with E-state index in [4.69, 9.17) is 4.74 Å². The Morgan fingerprint density at radius 3 is 2.23 bits per heavy atom. The topological polar surface area (TPSA) is 79.0 Å². The largest absolute Gasteiger partial charge is 0.497 e. The fraction of sp³-hybridized carbons (Fsp3) is 0.444. The van der Waals surface area contributed by atoms with E-state index in [1.807, 2.05) is 4.90 Å². The van der Waals surface area contributed by atoms with E-state index in [0.29, 0.717) is 55.9 Å². The van der Waals surface area contributed by atoms with Crippen molar-refractivity contribution in [1.29, 1.82) is 0 Å². The summed E-state index contributed by atoms with van der Waals surface area (Å²) in [5.41, 5.74) is 0.776. The van der Waals surface area contributed by atoms with Gasteiger partial charge in [-0.25, -0.2) is 4.39 Å². The van der Waals surface area contributed by atoms with Crippen molar-refractivity contribution in [3.63, 3.8) is 0 Å². The molecule has 2 aromatic rings. The summed E-state index contributed by atoms with van der Waals surface area (Å²) in [5, 5.41) is 3.00. The van der Waals surface area contributed by atoms with E-state index in [1.165, 1.54) is 18.2 Å². The SMILES string of the molecule is COc1ccc(C(=O)N[C@@H](C(=O)N2CCCCC2)C2CCN(C(=O)c3cccc(F)c3)CC2)cc1. The smallest absolute Gasteiger partial charge is 0.253 e. The Kier molecular flexibility index (Phi) is 8.00. The molecule has 2 fully saturated rings. The number of nitrogens with one attached hydrogen (secondary N) is 1. The second-order valence-electron chi connectivity index (χ2n) is 9.21. The normalized spacial score (nSPS) is 17.5. The minimum absolute atomic E-state index is 0.0542. The van der Waals surface area contributed by atoms with E-state index >= 15 is 0 Å². The van der Waals surface area contributed by atoms with Gasteiger partial charge in [-0.2, -0.15) is 0 Å². The summed E-state index contributed by atoms with van der Waals surface area (Å²) in [4.78, 5) is 42.9. The van der Waals surface area contributed by atoms with Crippen LogP contribution in [0.25, 0.3) is 0 Å². The number of benzene rings is 2. The molecule has 2 aliphatic heterocycles. The van der Waals surface area contributed by atoms with Gasteiger partial charge in [0.25, 0.3) is 11.8 Å². The number of amides is 3. The van der Waals surface area contributed by atoms with Gasteiger partial charge in [0.15, 0.2) is 0 Å². The van der Waals surface area contributed by atoms with Gasteiger partial charge in [-0.05, 0) is 80.5 Å². The zero-order valence-electron chi connectivity index (χ0n) is 20.0. The molecule has 8 heteroatoms. The molecule has 0 aliphatic carbocycles. The summed E-state index contributed by atoms with van der Waals surface area (Å²) in [6.45, 7) is 2.29. The van der Waals surface area contributed by atoms with E-state index in [-0.39, 0.29) is 23.6 Å². The first-order valence-electron chi connectivity index (χ1n) is 12.2. The minimum atomic E-state index is -0.658. The zero-order valence-corrected chi connectivity index (χ0v) is 20.0. The molecule has 2 aromatic carbocycles. The highest BCUT2D eigenvalue weighted by atomic mass is 19.1. The van der Waals surface area contributed by atoms with Crippen LogP contribution in [0.1, 0.15) is 52.8 Å². The number of nitrogens with zero attached hydrogens (tertiary/aromatic N) is 2. The lowest BCUT2D eigenvalue weighted by atomic mass is 9.87. The number of likely N-dealkylation sites (tertiary alicyclic amines) is 2. The molecule has 0 saturated carbocycles. The van der Waals surface area contributed by atoms with Gasteiger partial charge in [-0.15, -0.1) is 0 Å². The molecule has 2 aliphatic rings. The number of ether oxygens (including phenoxy) is 1. The summed E-state index contributed by atoms with van der Waals surface area (Å²) in [7, 11) is 1.56. The molecule has 4 rings (SSSR count). The molecule has 0 radical (unpaired) electrons. The van der Waals surface area contributed by atoms with Crippen molar-refractivity contribution in [2.45, 2.75) is 38.1 Å². The van der Waals surface area contributed by atoms with Gasteiger partial charge >= 0.3 is 0 Å². The first-order valence-corrected chi connectivity index (χ1v) is 12.2. The highest BCUT2D eigenvalue weighted by molar-refractivity contribution is 5.98. The monoisotopic (exact) mass is 481 g/mol. The van der Waals surface area contributed by atoms with Crippen molar-refractivity contribution < 1.29 is 23.5 Å². The Bertz CT molecular complexity index is 1040. The van der Waals surface area contributed by atoms with Crippen LogP contribution in [0.4, 0.5) is 4.39 Å². The van der Waals surface area contributed by atoms with Gasteiger partial charge in [-0.1, -0.05) is 6.07 Å². The molecule has 1 atom stereocenters. The van der Waals surface area contributed by atoms with Gasteiger partial charge in [-0.3, -0.25) is 14.4 Å². The molecule has 2 heterocycles. The number of hydrogen-bond donors (Lipinski definition) is 1. The molecule has 0 bridgehead atoms. The predicted molar refractivity (Wildman–Crippen MR) is 130 cm³/mol. The molecule has 35 heavy (non-hydrogen) atoms. The number of carbonyl (C=O) groups excluding carboxylic acids is 3. The van der Waals surface area contributed by atoms with Crippen molar-refractivity contribution >= 4 is 17.7 Å². The fourth-order valence-corrected chi connectivity index (χ4v) is 4.90. The predicted octanol–water partition coefficient (Wildman–Crippen LogP) is 3.50. The number of rotatable bonds is 6. The van der Waals surface area contributed by atoms with E-state index in [0.717, 1.165) is 19.3 Å². The average molecular weight is 482 g/mol. The fourth-order valence-electron chi connectivity index (χ4n) is 4.90. The Balaban J connectivity index is 1.46. The molecule has 0 spiro atoms. The van der Waals surface area contributed by atoms with Crippen LogP contribution in [0.15, 0.2) is 48.5 Å². The van der Waals surface area contributed by atoms with Gasteiger partial charge in [0.1, 0.15) is 17.6 Å². The van der Waals surface area contributed by atoms with Crippen LogP contribution < -0.4 is 10.1 Å². The summed E-state index contributed by atoms with van der Waals surface area (Å²) >= 11 is 0. The van der Waals surface area contributed by atoms with Crippen LogP contribution in [0.3, 0.4) is 0 Å². The second-order valence-corrected chi connectivity index (χ2v) is 9.21. The van der Waals surface area contributed by atoms with E-state index in [9.17, 15) is 18.8 Å². The Morgan fingerprint density at radius 2 is 1.60 bits per heavy atom. The molecule has 3 amide bonds. The summed E-state index contributed by atoms with van der Waals surface area (Å²) in [6, 6.07) is 11.8. The standard InChI is InChI=1S/C27H32FN3O4/c1-35-23-10-8-20(9-11-23)25(32)29-24(27(34)30-14-3-2-4-15-30)19-12-16-31(17-13-19)26(33)21-6-5-7-22(28)18-21/h5-11,18-19,24H,2-4,12-17H2,1H3,(H,29,32)/t24-/m1/s1. The molecular formula is C27H32FN3O4. The van der Waals surface area contributed by atoms with E-state index in [1.54, 1.807) is 42.3 Å². The molecular weight excluding hydrogens is 449 g/mol. The Hall–Kier alpha value is -3.42. The minimum Gasteiger partial charge on any atom is -0.497 e. The van der Waals surface area contributed by atoms with Crippen LogP contribution >= 0.6 is 0 Å². The first-order chi connectivity index (χ1) is 17.0. The third-order valence-corrected chi connectivity index (χ3v) is 6.94. The third kappa shape index (κ3) is 5.99. The lowest BCUT2D eigenvalue weighted by Crippen LogP contribution is -2.55. The van der Waals surface area contributed by atoms with Gasteiger partial charge in [0.2, 0.25) is 5.91 Å². The second kappa shape index (κ2) is 11.3. The summed E-state index contributed by atoms with van der Waals surface area (Å²) < 4.78 is 18.7. The number of hydrogen-bond acceptors (Lipinski definition) is 4. The van der Waals surface area contributed by atoms with Crippen LogP contribution in [0.2, 0.25) is 0 Å². The Labute approximate surface area is 205 Å². The number of carbonyl (C=O) groups is 3. The maximum atomic E-state index is 13.6. The van der Waals surface area contributed by atoms with Gasteiger partial charge < -0.3 is 19.9 Å². The maximum absolute atomic E-state index is 13.6.